The van der Waals surface area contributed by atoms with Crippen molar-refractivity contribution < 1.29 is 8.78 Å². The molecule has 0 amide bonds. The third kappa shape index (κ3) is 6.29. The van der Waals surface area contributed by atoms with Gasteiger partial charge in [0, 0.05) is 0 Å². The summed E-state index contributed by atoms with van der Waals surface area (Å²) in [6, 6.07) is 6.94. The van der Waals surface area contributed by atoms with E-state index in [2.05, 4.69) is 0 Å². The molecule has 1 aromatic carbocycles. The standard InChI is InChI=1S/C20H28F2/c21-16-4-2-1-3-5-17-6-8-18(9-7-17)10-11-19-12-14-20(22)15-13-19/h4,12-18H,1-3,5-11H2/b16-4+/t17-,18-. The molecule has 0 bridgehead atoms. The molecule has 0 radical (unpaired) electrons. The Bertz CT molecular complexity index is 428. The molecule has 0 N–H and O–H groups in total. The second-order valence-corrected chi connectivity index (χ2v) is 6.70. The van der Waals surface area contributed by atoms with Gasteiger partial charge in [-0.3, -0.25) is 0 Å². The van der Waals surface area contributed by atoms with Gasteiger partial charge in [-0.25, -0.2) is 8.78 Å². The van der Waals surface area contributed by atoms with Crippen molar-refractivity contribution in [3.8, 4) is 0 Å². The second kappa shape index (κ2) is 9.76. The summed E-state index contributed by atoms with van der Waals surface area (Å²) in [4.78, 5) is 0. The number of halogens is 2. The SMILES string of the molecule is F/C=C/CCCC[C@H]1CC[C@H](CCc2ccc(F)cc2)CC1. The molecule has 122 valence electrons. The molecule has 1 saturated carbocycles. The zero-order valence-corrected chi connectivity index (χ0v) is 13.4. The van der Waals surface area contributed by atoms with Crippen molar-refractivity contribution in [1.82, 2.24) is 0 Å². The molecule has 0 unspecified atom stereocenters. The molecule has 0 saturated heterocycles. The Hall–Kier alpha value is -1.18. The maximum absolute atomic E-state index is 12.9. The van der Waals surface area contributed by atoms with Crippen LogP contribution in [0.4, 0.5) is 8.78 Å². The Morgan fingerprint density at radius 1 is 0.909 bits per heavy atom. The minimum Gasteiger partial charge on any atom is -0.216 e. The molecule has 0 spiro atoms. The van der Waals surface area contributed by atoms with Gasteiger partial charge in [0.1, 0.15) is 5.82 Å². The van der Waals surface area contributed by atoms with Crippen molar-refractivity contribution in [2.75, 3.05) is 0 Å². The first-order valence-electron chi connectivity index (χ1n) is 8.77. The van der Waals surface area contributed by atoms with Gasteiger partial charge in [-0.05, 0) is 55.2 Å². The normalized spacial score (nSPS) is 22.3. The van der Waals surface area contributed by atoms with Crippen LogP contribution in [0.1, 0.15) is 63.4 Å². The van der Waals surface area contributed by atoms with Crippen LogP contribution in [-0.2, 0) is 6.42 Å². The van der Waals surface area contributed by atoms with Crippen LogP contribution in [0.15, 0.2) is 36.7 Å². The predicted molar refractivity (Wildman–Crippen MR) is 88.9 cm³/mol. The molecule has 1 aromatic rings. The van der Waals surface area contributed by atoms with Crippen LogP contribution in [0.3, 0.4) is 0 Å². The number of hydrogen-bond acceptors (Lipinski definition) is 0. The molecule has 0 heterocycles. The maximum atomic E-state index is 12.9. The topological polar surface area (TPSA) is 0 Å². The molecule has 2 rings (SSSR count). The quantitative estimate of drug-likeness (QED) is 0.474. The van der Waals surface area contributed by atoms with Crippen LogP contribution >= 0.6 is 0 Å². The lowest BCUT2D eigenvalue weighted by Gasteiger charge is -2.28. The van der Waals surface area contributed by atoms with Crippen LogP contribution in [0, 0.1) is 17.7 Å². The van der Waals surface area contributed by atoms with Gasteiger partial charge < -0.3 is 0 Å². The summed E-state index contributed by atoms with van der Waals surface area (Å²) in [6.07, 6.45) is 14.5. The third-order valence-corrected chi connectivity index (χ3v) is 5.04. The van der Waals surface area contributed by atoms with Gasteiger partial charge in [-0.2, -0.15) is 0 Å². The summed E-state index contributed by atoms with van der Waals surface area (Å²) in [5.74, 6) is 1.58. The molecule has 22 heavy (non-hydrogen) atoms. The van der Waals surface area contributed by atoms with Gasteiger partial charge in [0.25, 0.3) is 0 Å². The molecule has 0 nitrogen and oxygen atoms in total. The molecular weight excluding hydrogens is 278 g/mol. The van der Waals surface area contributed by atoms with Gasteiger partial charge in [-0.1, -0.05) is 56.7 Å². The summed E-state index contributed by atoms with van der Waals surface area (Å²) in [7, 11) is 0. The van der Waals surface area contributed by atoms with E-state index in [0.717, 1.165) is 31.1 Å². The number of allylic oxidation sites excluding steroid dienone is 1. The molecule has 1 fully saturated rings. The lowest BCUT2D eigenvalue weighted by atomic mass is 9.78. The van der Waals surface area contributed by atoms with Crippen LogP contribution in [0.5, 0.6) is 0 Å². The highest BCUT2D eigenvalue weighted by Crippen LogP contribution is 2.34. The first kappa shape index (κ1) is 17.2. The number of unbranched alkanes of at least 4 members (excludes halogenated alkanes) is 2. The van der Waals surface area contributed by atoms with Crippen LogP contribution in [-0.4, -0.2) is 0 Å². The van der Waals surface area contributed by atoms with Crippen molar-refractivity contribution in [3.05, 3.63) is 48.1 Å². The smallest absolute Gasteiger partial charge is 0.123 e. The van der Waals surface area contributed by atoms with E-state index in [1.165, 1.54) is 50.5 Å². The molecule has 0 aliphatic heterocycles. The van der Waals surface area contributed by atoms with Gasteiger partial charge in [0.2, 0.25) is 0 Å². The number of benzene rings is 1. The zero-order valence-electron chi connectivity index (χ0n) is 13.4. The number of hydrogen-bond donors (Lipinski definition) is 0. The van der Waals surface area contributed by atoms with Crippen LogP contribution < -0.4 is 0 Å². The van der Waals surface area contributed by atoms with Crippen LogP contribution in [0.2, 0.25) is 0 Å². The van der Waals surface area contributed by atoms with E-state index in [1.54, 1.807) is 18.2 Å². The summed E-state index contributed by atoms with van der Waals surface area (Å²) in [5.41, 5.74) is 1.25. The highest BCUT2D eigenvalue weighted by Gasteiger charge is 2.20. The van der Waals surface area contributed by atoms with Crippen molar-refractivity contribution >= 4 is 0 Å². The molecular formula is C20H28F2. The van der Waals surface area contributed by atoms with Crippen molar-refractivity contribution in [1.29, 1.82) is 0 Å². The first-order valence-corrected chi connectivity index (χ1v) is 8.77. The fourth-order valence-corrected chi connectivity index (χ4v) is 3.59. The molecule has 0 atom stereocenters. The van der Waals surface area contributed by atoms with Gasteiger partial charge >= 0.3 is 0 Å². The second-order valence-electron chi connectivity index (χ2n) is 6.70. The largest absolute Gasteiger partial charge is 0.216 e. The van der Waals surface area contributed by atoms with Gasteiger partial charge in [-0.15, -0.1) is 0 Å². The van der Waals surface area contributed by atoms with E-state index in [0.29, 0.717) is 6.33 Å². The number of rotatable bonds is 8. The minimum absolute atomic E-state index is 0.147. The summed E-state index contributed by atoms with van der Waals surface area (Å²) < 4.78 is 24.7. The van der Waals surface area contributed by atoms with Gasteiger partial charge in [0.05, 0.1) is 6.33 Å². The van der Waals surface area contributed by atoms with E-state index in [4.69, 9.17) is 0 Å². The van der Waals surface area contributed by atoms with Gasteiger partial charge in [0.15, 0.2) is 0 Å². The summed E-state index contributed by atoms with van der Waals surface area (Å²) in [5, 5.41) is 0. The third-order valence-electron chi connectivity index (χ3n) is 5.04. The fraction of sp³-hybridized carbons (Fsp3) is 0.600. The number of aryl methyl sites for hydroxylation is 1. The highest BCUT2D eigenvalue weighted by atomic mass is 19.1. The Labute approximate surface area is 133 Å². The zero-order chi connectivity index (χ0) is 15.6. The highest BCUT2D eigenvalue weighted by molar-refractivity contribution is 5.16. The summed E-state index contributed by atoms with van der Waals surface area (Å²) >= 11 is 0. The first-order chi connectivity index (χ1) is 10.8. The van der Waals surface area contributed by atoms with E-state index in [9.17, 15) is 8.78 Å². The van der Waals surface area contributed by atoms with E-state index in [-0.39, 0.29) is 5.82 Å². The molecule has 2 heteroatoms. The predicted octanol–water partition coefficient (Wildman–Crippen LogP) is 6.61. The van der Waals surface area contributed by atoms with Crippen molar-refractivity contribution in [3.63, 3.8) is 0 Å². The lowest BCUT2D eigenvalue weighted by molar-refractivity contribution is 0.249. The average Bonchev–Trinajstić information content (AvgIpc) is 2.55. The maximum Gasteiger partial charge on any atom is 0.123 e. The minimum atomic E-state index is -0.147. The van der Waals surface area contributed by atoms with Crippen molar-refractivity contribution in [2.24, 2.45) is 11.8 Å². The van der Waals surface area contributed by atoms with Crippen LogP contribution in [0.25, 0.3) is 0 Å². The summed E-state index contributed by atoms with van der Waals surface area (Å²) in [6.45, 7) is 0. The Balaban J connectivity index is 1.57. The Kier molecular flexibility index (Phi) is 7.62. The molecule has 1 aliphatic rings. The van der Waals surface area contributed by atoms with E-state index in [1.807, 2.05) is 12.1 Å². The van der Waals surface area contributed by atoms with Crippen molar-refractivity contribution in [2.45, 2.75) is 64.2 Å². The molecule has 1 aliphatic carbocycles. The van der Waals surface area contributed by atoms with E-state index >= 15 is 0 Å². The fourth-order valence-electron chi connectivity index (χ4n) is 3.59. The molecule has 0 aromatic heterocycles. The average molecular weight is 306 g/mol. The lowest BCUT2D eigenvalue weighted by Crippen LogP contribution is -2.15. The Morgan fingerprint density at radius 3 is 2.18 bits per heavy atom. The monoisotopic (exact) mass is 306 g/mol. The Morgan fingerprint density at radius 2 is 1.55 bits per heavy atom. The van der Waals surface area contributed by atoms with E-state index < -0.39 is 0 Å².